The number of H-pyrrole nitrogens is 1. The van der Waals surface area contributed by atoms with Gasteiger partial charge in [-0.05, 0) is 31.2 Å². The van der Waals surface area contributed by atoms with Crippen LogP contribution in [-0.2, 0) is 16.0 Å². The number of aromatic nitrogens is 4. The molecule has 1 aromatic carbocycles. The highest BCUT2D eigenvalue weighted by atomic mass is 32.1. The van der Waals surface area contributed by atoms with Crippen LogP contribution in [0.25, 0.3) is 21.6 Å². The maximum Gasteiger partial charge on any atom is 0.312 e. The van der Waals surface area contributed by atoms with Crippen molar-refractivity contribution in [3.8, 4) is 10.7 Å². The third-order valence-electron chi connectivity index (χ3n) is 4.09. The molecule has 7 nitrogen and oxygen atoms in total. The lowest BCUT2D eigenvalue weighted by Gasteiger charge is -2.12. The SMILES string of the molecule is CC(OC(=O)Cc1csc(-c2ccccn2)n1)c1nc2ccccc2c(=O)[nH]1. The second kappa shape index (κ2) is 7.69. The van der Waals surface area contributed by atoms with Crippen LogP contribution in [0.4, 0.5) is 0 Å². The first-order valence-electron chi connectivity index (χ1n) is 8.64. The molecule has 0 radical (unpaired) electrons. The summed E-state index contributed by atoms with van der Waals surface area (Å²) in [6.45, 7) is 1.67. The lowest BCUT2D eigenvalue weighted by atomic mass is 10.2. The smallest absolute Gasteiger partial charge is 0.312 e. The molecule has 0 fully saturated rings. The molecule has 1 unspecified atom stereocenters. The molecule has 28 heavy (non-hydrogen) atoms. The maximum absolute atomic E-state index is 12.3. The summed E-state index contributed by atoms with van der Waals surface area (Å²) in [5.74, 6) is -0.134. The molecule has 0 amide bonds. The highest BCUT2D eigenvalue weighted by Crippen LogP contribution is 2.22. The van der Waals surface area contributed by atoms with Crippen LogP contribution in [0, 0.1) is 0 Å². The highest BCUT2D eigenvalue weighted by molar-refractivity contribution is 7.13. The number of benzene rings is 1. The van der Waals surface area contributed by atoms with Crippen LogP contribution < -0.4 is 5.56 Å². The molecule has 0 aliphatic rings. The van der Waals surface area contributed by atoms with Gasteiger partial charge in [-0.15, -0.1) is 11.3 Å². The van der Waals surface area contributed by atoms with Crippen molar-refractivity contribution in [1.29, 1.82) is 0 Å². The maximum atomic E-state index is 12.3. The highest BCUT2D eigenvalue weighted by Gasteiger charge is 2.17. The summed E-state index contributed by atoms with van der Waals surface area (Å²) >= 11 is 1.42. The number of thiazole rings is 1. The van der Waals surface area contributed by atoms with Gasteiger partial charge in [-0.3, -0.25) is 14.6 Å². The van der Waals surface area contributed by atoms with E-state index in [-0.39, 0.29) is 12.0 Å². The number of nitrogens with zero attached hydrogens (tertiary/aromatic N) is 3. The van der Waals surface area contributed by atoms with Gasteiger partial charge in [-0.1, -0.05) is 18.2 Å². The average molecular weight is 392 g/mol. The lowest BCUT2D eigenvalue weighted by molar-refractivity contribution is -0.148. The Kier molecular flexibility index (Phi) is 4.94. The van der Waals surface area contributed by atoms with Crippen LogP contribution in [0.5, 0.6) is 0 Å². The van der Waals surface area contributed by atoms with Gasteiger partial charge in [0.1, 0.15) is 5.01 Å². The van der Waals surface area contributed by atoms with E-state index in [4.69, 9.17) is 4.74 Å². The lowest BCUT2D eigenvalue weighted by Crippen LogP contribution is -2.18. The normalized spacial score (nSPS) is 12.0. The van der Waals surface area contributed by atoms with Gasteiger partial charge in [0.15, 0.2) is 11.9 Å². The minimum Gasteiger partial charge on any atom is -0.454 e. The van der Waals surface area contributed by atoms with Crippen LogP contribution in [0.3, 0.4) is 0 Å². The van der Waals surface area contributed by atoms with Crippen molar-refractivity contribution in [2.45, 2.75) is 19.4 Å². The summed E-state index contributed by atoms with van der Waals surface area (Å²) < 4.78 is 5.44. The number of pyridine rings is 1. The van der Waals surface area contributed by atoms with Crippen molar-refractivity contribution < 1.29 is 9.53 Å². The Balaban J connectivity index is 1.45. The van der Waals surface area contributed by atoms with Crippen molar-refractivity contribution in [3.05, 3.63) is 75.9 Å². The molecule has 3 aromatic heterocycles. The van der Waals surface area contributed by atoms with Crippen LogP contribution in [0.1, 0.15) is 24.5 Å². The predicted molar refractivity (Wildman–Crippen MR) is 106 cm³/mol. The minimum absolute atomic E-state index is 0.0332. The van der Waals surface area contributed by atoms with E-state index in [2.05, 4.69) is 19.9 Å². The number of ether oxygens (including phenoxy) is 1. The molecule has 0 bridgehead atoms. The van der Waals surface area contributed by atoms with Crippen molar-refractivity contribution in [2.24, 2.45) is 0 Å². The molecular weight excluding hydrogens is 376 g/mol. The number of aromatic amines is 1. The molecule has 3 heterocycles. The largest absolute Gasteiger partial charge is 0.454 e. The molecule has 140 valence electrons. The zero-order valence-corrected chi connectivity index (χ0v) is 15.8. The van der Waals surface area contributed by atoms with E-state index < -0.39 is 12.1 Å². The third kappa shape index (κ3) is 3.81. The Hall–Kier alpha value is -3.39. The number of hydrogen-bond donors (Lipinski definition) is 1. The standard InChI is InChI=1S/C20H16N4O3S/c1-12(18-23-15-7-3-2-6-14(15)19(26)24-18)27-17(25)10-13-11-28-20(22-13)16-8-4-5-9-21-16/h2-9,11-12H,10H2,1H3,(H,23,24,26). The minimum atomic E-state index is -0.682. The molecule has 0 saturated heterocycles. The molecule has 4 aromatic rings. The molecule has 0 aliphatic heterocycles. The predicted octanol–water partition coefficient (Wildman–Crippen LogP) is 3.29. The Morgan fingerprint density at radius 3 is 2.82 bits per heavy atom. The molecule has 4 rings (SSSR count). The zero-order valence-electron chi connectivity index (χ0n) is 15.0. The van der Waals surface area contributed by atoms with Crippen LogP contribution in [-0.4, -0.2) is 25.9 Å². The second-order valence-corrected chi connectivity index (χ2v) is 6.99. The van der Waals surface area contributed by atoms with Crippen LogP contribution in [0.2, 0.25) is 0 Å². The van der Waals surface area contributed by atoms with Gasteiger partial charge >= 0.3 is 5.97 Å². The fraction of sp³-hybridized carbons (Fsp3) is 0.150. The second-order valence-electron chi connectivity index (χ2n) is 6.14. The third-order valence-corrected chi connectivity index (χ3v) is 5.00. The van der Waals surface area contributed by atoms with E-state index >= 15 is 0 Å². The van der Waals surface area contributed by atoms with E-state index in [0.29, 0.717) is 22.4 Å². The Morgan fingerprint density at radius 1 is 1.18 bits per heavy atom. The van der Waals surface area contributed by atoms with Gasteiger partial charge in [-0.25, -0.2) is 9.97 Å². The Labute approximate surface area is 164 Å². The van der Waals surface area contributed by atoms with Crippen molar-refractivity contribution in [3.63, 3.8) is 0 Å². The molecule has 1 N–H and O–H groups in total. The summed E-state index contributed by atoms with van der Waals surface area (Å²) in [7, 11) is 0. The first-order valence-corrected chi connectivity index (χ1v) is 9.52. The number of nitrogens with one attached hydrogen (secondary N) is 1. The first-order chi connectivity index (χ1) is 13.6. The van der Waals surface area contributed by atoms with Gasteiger partial charge in [0, 0.05) is 11.6 Å². The summed E-state index contributed by atoms with van der Waals surface area (Å²) in [6, 6.07) is 12.6. The molecule has 0 aliphatic carbocycles. The number of esters is 1. The van der Waals surface area contributed by atoms with Gasteiger partial charge < -0.3 is 9.72 Å². The van der Waals surface area contributed by atoms with E-state index in [1.165, 1.54) is 11.3 Å². The number of carbonyl (C=O) groups excluding carboxylic acids is 1. The molecule has 0 spiro atoms. The summed E-state index contributed by atoms with van der Waals surface area (Å²) in [5, 5.41) is 3.05. The summed E-state index contributed by atoms with van der Waals surface area (Å²) in [6.07, 6.45) is 1.05. The molecular formula is C20H16N4O3S. The van der Waals surface area contributed by atoms with Crippen LogP contribution >= 0.6 is 11.3 Å². The number of carbonyl (C=O) groups is 1. The summed E-state index contributed by atoms with van der Waals surface area (Å²) in [5.41, 5.74) is 1.67. The van der Waals surface area contributed by atoms with E-state index in [1.54, 1.807) is 37.4 Å². The topological polar surface area (TPSA) is 97.8 Å². The van der Waals surface area contributed by atoms with Gasteiger partial charge in [-0.2, -0.15) is 0 Å². The Morgan fingerprint density at radius 2 is 2.00 bits per heavy atom. The van der Waals surface area contributed by atoms with E-state index in [0.717, 1.165) is 10.7 Å². The molecule has 8 heteroatoms. The number of para-hydroxylation sites is 1. The van der Waals surface area contributed by atoms with Crippen LogP contribution in [0.15, 0.2) is 58.8 Å². The quantitative estimate of drug-likeness (QED) is 0.524. The fourth-order valence-electron chi connectivity index (χ4n) is 2.73. The average Bonchev–Trinajstić information content (AvgIpc) is 3.17. The zero-order chi connectivity index (χ0) is 19.5. The van der Waals surface area contributed by atoms with E-state index in [1.807, 2.05) is 23.6 Å². The van der Waals surface area contributed by atoms with E-state index in [9.17, 15) is 9.59 Å². The fourth-order valence-corrected chi connectivity index (χ4v) is 3.53. The number of rotatable bonds is 5. The Bertz CT molecular complexity index is 1190. The van der Waals surface area contributed by atoms with Crippen molar-refractivity contribution in [1.82, 2.24) is 19.9 Å². The first kappa shape index (κ1) is 18.0. The van der Waals surface area contributed by atoms with Crippen molar-refractivity contribution in [2.75, 3.05) is 0 Å². The van der Waals surface area contributed by atoms with Gasteiger partial charge in [0.2, 0.25) is 0 Å². The summed E-state index contributed by atoms with van der Waals surface area (Å²) in [4.78, 5) is 40.2. The molecule has 1 atom stereocenters. The monoisotopic (exact) mass is 392 g/mol. The molecule has 0 saturated carbocycles. The van der Waals surface area contributed by atoms with Gasteiger partial charge in [0.25, 0.3) is 5.56 Å². The number of hydrogen-bond acceptors (Lipinski definition) is 7. The van der Waals surface area contributed by atoms with Crippen molar-refractivity contribution >= 4 is 28.2 Å². The number of fused-ring (bicyclic) bond motifs is 1. The van der Waals surface area contributed by atoms with Gasteiger partial charge in [0.05, 0.1) is 28.7 Å².